The second-order valence-electron chi connectivity index (χ2n) is 3.85. The third kappa shape index (κ3) is 5.56. The van der Waals surface area contributed by atoms with E-state index < -0.39 is 5.97 Å². The standard InChI is InChI=1S/C12H23NO2S/c1-5-10(12(14)15)7-8-13(3)11(6-2)9-16-4/h7,11H,5-6,8-9H2,1-4H3,(H,14,15)/b10-7-. The molecule has 4 heteroatoms. The Morgan fingerprint density at radius 1 is 1.50 bits per heavy atom. The molecular formula is C12H23NO2S. The highest BCUT2D eigenvalue weighted by atomic mass is 32.2. The molecule has 0 aliphatic rings. The van der Waals surface area contributed by atoms with Gasteiger partial charge in [0.2, 0.25) is 0 Å². The summed E-state index contributed by atoms with van der Waals surface area (Å²) in [6, 6.07) is 0.526. The summed E-state index contributed by atoms with van der Waals surface area (Å²) >= 11 is 1.83. The number of rotatable bonds is 8. The average Bonchev–Trinajstić information content (AvgIpc) is 2.25. The summed E-state index contributed by atoms with van der Waals surface area (Å²) < 4.78 is 0. The van der Waals surface area contributed by atoms with E-state index in [9.17, 15) is 4.79 Å². The third-order valence-electron chi connectivity index (χ3n) is 2.73. The zero-order valence-electron chi connectivity index (χ0n) is 10.7. The largest absolute Gasteiger partial charge is 0.478 e. The predicted octanol–water partition coefficient (Wildman–Crippen LogP) is 2.48. The topological polar surface area (TPSA) is 40.5 Å². The van der Waals surface area contributed by atoms with Crippen LogP contribution in [-0.2, 0) is 4.79 Å². The van der Waals surface area contributed by atoms with Crippen molar-refractivity contribution < 1.29 is 9.90 Å². The molecular weight excluding hydrogens is 222 g/mol. The van der Waals surface area contributed by atoms with Crippen molar-refractivity contribution in [1.82, 2.24) is 4.90 Å². The van der Waals surface area contributed by atoms with E-state index in [2.05, 4.69) is 25.1 Å². The minimum atomic E-state index is -0.797. The van der Waals surface area contributed by atoms with Gasteiger partial charge in [0.15, 0.2) is 0 Å². The summed E-state index contributed by atoms with van der Waals surface area (Å²) in [4.78, 5) is 13.0. The second kappa shape index (κ2) is 8.65. The number of carboxylic acid groups (broad SMARTS) is 1. The fraction of sp³-hybridized carbons (Fsp3) is 0.750. The van der Waals surface area contributed by atoms with Gasteiger partial charge in [-0.25, -0.2) is 4.79 Å². The van der Waals surface area contributed by atoms with Crippen LogP contribution in [0.5, 0.6) is 0 Å². The lowest BCUT2D eigenvalue weighted by Crippen LogP contribution is -2.33. The van der Waals surface area contributed by atoms with Gasteiger partial charge in [0.25, 0.3) is 0 Å². The van der Waals surface area contributed by atoms with Crippen LogP contribution in [0.2, 0.25) is 0 Å². The molecule has 0 aromatic rings. The quantitative estimate of drug-likeness (QED) is 0.667. The Morgan fingerprint density at radius 2 is 2.12 bits per heavy atom. The normalized spacial score (nSPS) is 14.2. The van der Waals surface area contributed by atoms with E-state index >= 15 is 0 Å². The molecule has 3 nitrogen and oxygen atoms in total. The molecule has 0 rings (SSSR count). The van der Waals surface area contributed by atoms with E-state index in [4.69, 9.17) is 5.11 Å². The van der Waals surface area contributed by atoms with Crippen LogP contribution in [0, 0.1) is 0 Å². The molecule has 0 radical (unpaired) electrons. The molecule has 94 valence electrons. The first kappa shape index (κ1) is 15.5. The molecule has 0 heterocycles. The van der Waals surface area contributed by atoms with Crippen molar-refractivity contribution >= 4 is 17.7 Å². The van der Waals surface area contributed by atoms with Crippen LogP contribution in [0.4, 0.5) is 0 Å². The lowest BCUT2D eigenvalue weighted by molar-refractivity contribution is -0.132. The number of carboxylic acids is 1. The third-order valence-corrected chi connectivity index (χ3v) is 3.45. The SMILES string of the molecule is CC/C(=C/CN(C)C(CC)CSC)C(=O)O. The molecule has 0 aliphatic carbocycles. The molecule has 1 atom stereocenters. The Kier molecular flexibility index (Phi) is 8.39. The molecule has 0 fully saturated rings. The summed E-state index contributed by atoms with van der Waals surface area (Å²) in [7, 11) is 2.05. The molecule has 0 saturated heterocycles. The number of nitrogens with zero attached hydrogens (tertiary/aromatic N) is 1. The van der Waals surface area contributed by atoms with Gasteiger partial charge in [0.05, 0.1) is 0 Å². The number of carbonyl (C=O) groups is 1. The van der Waals surface area contributed by atoms with Gasteiger partial charge in [-0.3, -0.25) is 4.90 Å². The van der Waals surface area contributed by atoms with Gasteiger partial charge in [0, 0.05) is 23.9 Å². The van der Waals surface area contributed by atoms with Crippen molar-refractivity contribution in [3.8, 4) is 0 Å². The molecule has 0 bridgehead atoms. The maximum Gasteiger partial charge on any atom is 0.331 e. The molecule has 0 amide bonds. The van der Waals surface area contributed by atoms with Gasteiger partial charge in [-0.05, 0) is 26.1 Å². The van der Waals surface area contributed by atoms with Crippen molar-refractivity contribution in [3.63, 3.8) is 0 Å². The van der Waals surface area contributed by atoms with Gasteiger partial charge in [-0.1, -0.05) is 19.9 Å². The van der Waals surface area contributed by atoms with Gasteiger partial charge in [0.1, 0.15) is 0 Å². The first-order chi connectivity index (χ1) is 7.56. The van der Waals surface area contributed by atoms with Gasteiger partial charge >= 0.3 is 5.97 Å². The predicted molar refractivity (Wildman–Crippen MR) is 71.1 cm³/mol. The highest BCUT2D eigenvalue weighted by Crippen LogP contribution is 2.09. The van der Waals surface area contributed by atoms with Crippen LogP contribution in [-0.4, -0.2) is 47.6 Å². The van der Waals surface area contributed by atoms with E-state index in [1.54, 1.807) is 0 Å². The van der Waals surface area contributed by atoms with E-state index in [0.29, 0.717) is 24.6 Å². The zero-order valence-corrected chi connectivity index (χ0v) is 11.5. The van der Waals surface area contributed by atoms with Crippen molar-refractivity contribution in [1.29, 1.82) is 0 Å². The van der Waals surface area contributed by atoms with Crippen LogP contribution in [0.25, 0.3) is 0 Å². The lowest BCUT2D eigenvalue weighted by atomic mass is 10.2. The maximum absolute atomic E-state index is 10.8. The fourth-order valence-electron chi connectivity index (χ4n) is 1.54. The average molecular weight is 245 g/mol. The Labute approximate surface area is 103 Å². The summed E-state index contributed by atoms with van der Waals surface area (Å²) in [6.07, 6.45) is 5.61. The first-order valence-electron chi connectivity index (χ1n) is 5.68. The van der Waals surface area contributed by atoms with Crippen LogP contribution >= 0.6 is 11.8 Å². The maximum atomic E-state index is 10.8. The van der Waals surface area contributed by atoms with Crippen LogP contribution in [0.3, 0.4) is 0 Å². The zero-order chi connectivity index (χ0) is 12.6. The Balaban J connectivity index is 4.30. The highest BCUT2D eigenvalue weighted by Gasteiger charge is 2.11. The van der Waals surface area contributed by atoms with Crippen LogP contribution in [0.1, 0.15) is 26.7 Å². The Bertz CT molecular complexity index is 241. The molecule has 16 heavy (non-hydrogen) atoms. The van der Waals surface area contributed by atoms with Crippen LogP contribution in [0.15, 0.2) is 11.6 Å². The van der Waals surface area contributed by atoms with Crippen molar-refractivity contribution in [3.05, 3.63) is 11.6 Å². The van der Waals surface area contributed by atoms with E-state index in [0.717, 1.165) is 12.2 Å². The summed E-state index contributed by atoms with van der Waals surface area (Å²) in [6.45, 7) is 4.76. The second-order valence-corrected chi connectivity index (χ2v) is 4.76. The van der Waals surface area contributed by atoms with Gasteiger partial charge in [-0.2, -0.15) is 11.8 Å². The Hall–Kier alpha value is -0.480. The minimum Gasteiger partial charge on any atom is -0.478 e. The molecule has 0 saturated carbocycles. The molecule has 0 aromatic carbocycles. The van der Waals surface area contributed by atoms with E-state index in [1.165, 1.54) is 0 Å². The number of hydrogen-bond donors (Lipinski definition) is 1. The van der Waals surface area contributed by atoms with Crippen molar-refractivity contribution in [2.24, 2.45) is 0 Å². The first-order valence-corrected chi connectivity index (χ1v) is 7.07. The highest BCUT2D eigenvalue weighted by molar-refractivity contribution is 7.98. The number of likely N-dealkylation sites (N-methyl/N-ethyl adjacent to an activating group) is 1. The summed E-state index contributed by atoms with van der Waals surface area (Å²) in [5.74, 6) is 0.295. The van der Waals surface area contributed by atoms with Gasteiger partial charge in [-0.15, -0.1) is 0 Å². The number of hydrogen-bond acceptors (Lipinski definition) is 3. The monoisotopic (exact) mass is 245 g/mol. The smallest absolute Gasteiger partial charge is 0.331 e. The van der Waals surface area contributed by atoms with Crippen LogP contribution < -0.4 is 0 Å². The van der Waals surface area contributed by atoms with E-state index in [1.807, 2.05) is 24.8 Å². The Morgan fingerprint density at radius 3 is 2.50 bits per heavy atom. The summed E-state index contributed by atoms with van der Waals surface area (Å²) in [5.41, 5.74) is 0.505. The number of thioether (sulfide) groups is 1. The molecule has 0 aliphatic heterocycles. The van der Waals surface area contributed by atoms with Crippen molar-refractivity contribution in [2.75, 3.05) is 25.6 Å². The van der Waals surface area contributed by atoms with E-state index in [-0.39, 0.29) is 0 Å². The molecule has 1 unspecified atom stereocenters. The fourth-order valence-corrected chi connectivity index (χ4v) is 2.41. The van der Waals surface area contributed by atoms with Crippen molar-refractivity contribution in [2.45, 2.75) is 32.7 Å². The molecule has 1 N–H and O–H groups in total. The van der Waals surface area contributed by atoms with Gasteiger partial charge < -0.3 is 5.11 Å². The lowest BCUT2D eigenvalue weighted by Gasteiger charge is -2.25. The minimum absolute atomic E-state index is 0.505. The molecule has 0 aromatic heterocycles. The summed E-state index contributed by atoms with van der Waals surface area (Å²) in [5, 5.41) is 8.89. The molecule has 0 spiro atoms. The number of aliphatic carboxylic acids is 1.